The molecule has 1 saturated heterocycles. The molecule has 6 heteroatoms. The first-order chi connectivity index (χ1) is 9.12. The standard InChI is InChI=1S/C13H17N3O2S/c1-14-10-5-4-8-16(9-10)13-11-6-2-3-7-12(11)19(17,18)15-13/h2-3,6-7,10,14H,4-5,8-9H2,1H3/t10-/m0/s1. The summed E-state index contributed by atoms with van der Waals surface area (Å²) in [6, 6.07) is 7.45. The number of piperidine rings is 1. The van der Waals surface area contributed by atoms with Gasteiger partial charge in [0, 0.05) is 24.7 Å². The van der Waals surface area contributed by atoms with Gasteiger partial charge in [0.05, 0.1) is 0 Å². The molecule has 0 spiro atoms. The molecule has 1 N–H and O–H groups in total. The number of fused-ring (bicyclic) bond motifs is 1. The smallest absolute Gasteiger partial charge is 0.285 e. The second-order valence-corrected chi connectivity index (χ2v) is 6.53. The van der Waals surface area contributed by atoms with Crippen LogP contribution in [0.25, 0.3) is 0 Å². The highest BCUT2D eigenvalue weighted by atomic mass is 32.2. The normalized spacial score (nSPS) is 25.0. The summed E-state index contributed by atoms with van der Waals surface area (Å²) in [6.07, 6.45) is 2.17. The summed E-state index contributed by atoms with van der Waals surface area (Å²) in [7, 11) is -1.56. The molecule has 0 radical (unpaired) electrons. The number of likely N-dealkylation sites (N-methyl/N-ethyl adjacent to an activating group) is 1. The zero-order chi connectivity index (χ0) is 13.5. The van der Waals surface area contributed by atoms with E-state index in [0.717, 1.165) is 31.5 Å². The van der Waals surface area contributed by atoms with Crippen molar-refractivity contribution in [2.75, 3.05) is 20.1 Å². The van der Waals surface area contributed by atoms with Gasteiger partial charge >= 0.3 is 0 Å². The Hall–Kier alpha value is -1.40. The van der Waals surface area contributed by atoms with Gasteiger partial charge in [-0.25, -0.2) is 0 Å². The average molecular weight is 279 g/mol. The molecule has 2 aliphatic heterocycles. The van der Waals surface area contributed by atoms with Crippen molar-refractivity contribution in [1.82, 2.24) is 10.2 Å². The number of sulfonamides is 1. The molecule has 1 aromatic rings. The zero-order valence-corrected chi connectivity index (χ0v) is 11.7. The van der Waals surface area contributed by atoms with Gasteiger partial charge in [0.15, 0.2) is 5.84 Å². The molecule has 2 heterocycles. The van der Waals surface area contributed by atoms with Crippen molar-refractivity contribution in [2.24, 2.45) is 4.40 Å². The van der Waals surface area contributed by atoms with Gasteiger partial charge in [-0.3, -0.25) is 0 Å². The van der Waals surface area contributed by atoms with Crippen molar-refractivity contribution in [1.29, 1.82) is 0 Å². The number of hydrogen-bond acceptors (Lipinski definition) is 4. The van der Waals surface area contributed by atoms with Crippen molar-refractivity contribution in [2.45, 2.75) is 23.8 Å². The van der Waals surface area contributed by atoms with Gasteiger partial charge in [-0.2, -0.15) is 8.42 Å². The molecule has 0 unspecified atom stereocenters. The Kier molecular flexibility index (Phi) is 3.06. The monoisotopic (exact) mass is 279 g/mol. The van der Waals surface area contributed by atoms with Crippen LogP contribution >= 0.6 is 0 Å². The van der Waals surface area contributed by atoms with E-state index in [1.54, 1.807) is 12.1 Å². The van der Waals surface area contributed by atoms with Crippen LogP contribution in [0.3, 0.4) is 0 Å². The molecule has 1 atom stereocenters. The number of nitrogens with zero attached hydrogens (tertiary/aromatic N) is 2. The fraction of sp³-hybridized carbons (Fsp3) is 0.462. The van der Waals surface area contributed by atoms with Gasteiger partial charge < -0.3 is 10.2 Å². The molecule has 5 nitrogen and oxygen atoms in total. The summed E-state index contributed by atoms with van der Waals surface area (Å²) in [5, 5.41) is 3.26. The molecular weight excluding hydrogens is 262 g/mol. The molecule has 19 heavy (non-hydrogen) atoms. The Morgan fingerprint density at radius 3 is 2.95 bits per heavy atom. The van der Waals surface area contributed by atoms with E-state index in [9.17, 15) is 8.42 Å². The zero-order valence-electron chi connectivity index (χ0n) is 10.8. The minimum absolute atomic E-state index is 0.330. The van der Waals surface area contributed by atoms with Gasteiger partial charge in [-0.05, 0) is 32.0 Å². The second kappa shape index (κ2) is 4.61. The lowest BCUT2D eigenvalue weighted by atomic mass is 10.0. The Balaban J connectivity index is 1.98. The summed E-state index contributed by atoms with van der Waals surface area (Å²) in [4.78, 5) is 2.41. The molecule has 0 aliphatic carbocycles. The molecule has 1 aromatic carbocycles. The summed E-state index contributed by atoms with van der Waals surface area (Å²) in [5.41, 5.74) is 0.735. The van der Waals surface area contributed by atoms with Crippen LogP contribution in [0.5, 0.6) is 0 Å². The molecule has 0 saturated carbocycles. The van der Waals surface area contributed by atoms with E-state index >= 15 is 0 Å². The lowest BCUT2D eigenvalue weighted by Gasteiger charge is -2.33. The van der Waals surface area contributed by atoms with Gasteiger partial charge in [0.1, 0.15) is 4.90 Å². The van der Waals surface area contributed by atoms with E-state index in [1.807, 2.05) is 19.2 Å². The molecule has 0 aromatic heterocycles. The lowest BCUT2D eigenvalue weighted by Crippen LogP contribution is -2.46. The maximum absolute atomic E-state index is 12.0. The van der Waals surface area contributed by atoms with Gasteiger partial charge in [0.25, 0.3) is 10.0 Å². The topological polar surface area (TPSA) is 61.8 Å². The quantitative estimate of drug-likeness (QED) is 0.827. The van der Waals surface area contributed by atoms with Crippen LogP contribution in [0.15, 0.2) is 33.6 Å². The minimum atomic E-state index is -3.50. The summed E-state index contributed by atoms with van der Waals surface area (Å²) < 4.78 is 28.0. The number of nitrogens with one attached hydrogen (secondary N) is 1. The highest BCUT2D eigenvalue weighted by Gasteiger charge is 2.33. The largest absolute Gasteiger partial charge is 0.354 e. The van der Waals surface area contributed by atoms with Gasteiger partial charge in [-0.1, -0.05) is 12.1 Å². The van der Waals surface area contributed by atoms with Crippen LogP contribution in [0, 0.1) is 0 Å². The first-order valence-electron chi connectivity index (χ1n) is 6.48. The number of likely N-dealkylation sites (tertiary alicyclic amines) is 1. The van der Waals surface area contributed by atoms with Crippen molar-refractivity contribution in [3.63, 3.8) is 0 Å². The molecule has 102 valence electrons. The van der Waals surface area contributed by atoms with Gasteiger partial charge in [0.2, 0.25) is 0 Å². The first kappa shape index (κ1) is 12.6. The van der Waals surface area contributed by atoms with E-state index in [2.05, 4.69) is 14.6 Å². The van der Waals surface area contributed by atoms with Crippen LogP contribution in [-0.2, 0) is 10.0 Å². The average Bonchev–Trinajstić information content (AvgIpc) is 2.72. The maximum Gasteiger partial charge on any atom is 0.285 e. The third-order valence-corrected chi connectivity index (χ3v) is 5.07. The highest BCUT2D eigenvalue weighted by molar-refractivity contribution is 7.90. The Morgan fingerprint density at radius 2 is 2.16 bits per heavy atom. The van der Waals surface area contributed by atoms with Crippen molar-refractivity contribution in [3.05, 3.63) is 29.8 Å². The highest BCUT2D eigenvalue weighted by Crippen LogP contribution is 2.28. The number of benzene rings is 1. The number of amidine groups is 1. The van der Waals surface area contributed by atoms with E-state index in [0.29, 0.717) is 16.8 Å². The Morgan fingerprint density at radius 1 is 1.37 bits per heavy atom. The third kappa shape index (κ3) is 2.15. The third-order valence-electron chi connectivity index (χ3n) is 3.74. The van der Waals surface area contributed by atoms with Crippen molar-refractivity contribution < 1.29 is 8.42 Å². The molecule has 1 fully saturated rings. The molecular formula is C13H17N3O2S. The van der Waals surface area contributed by atoms with Crippen LogP contribution < -0.4 is 5.32 Å². The second-order valence-electron chi connectivity index (χ2n) is 4.96. The predicted octanol–water partition coefficient (Wildman–Crippen LogP) is 0.819. The number of hydrogen-bond donors (Lipinski definition) is 1. The molecule has 3 rings (SSSR count). The van der Waals surface area contributed by atoms with Crippen molar-refractivity contribution >= 4 is 15.9 Å². The molecule has 0 amide bonds. The van der Waals surface area contributed by atoms with Crippen LogP contribution in [-0.4, -0.2) is 45.3 Å². The van der Waals surface area contributed by atoms with E-state index in [-0.39, 0.29) is 0 Å². The first-order valence-corrected chi connectivity index (χ1v) is 7.92. The van der Waals surface area contributed by atoms with Gasteiger partial charge in [-0.15, -0.1) is 4.40 Å². The Bertz CT molecular complexity index is 625. The fourth-order valence-corrected chi connectivity index (χ4v) is 3.95. The molecule has 2 aliphatic rings. The SMILES string of the molecule is CN[C@H]1CCCN(C2=NS(=O)(=O)c3ccccc32)C1. The lowest BCUT2D eigenvalue weighted by molar-refractivity contribution is 0.286. The number of rotatable bonds is 1. The van der Waals surface area contributed by atoms with Crippen LogP contribution in [0.2, 0.25) is 0 Å². The maximum atomic E-state index is 12.0. The van der Waals surface area contributed by atoms with E-state index in [1.165, 1.54) is 0 Å². The summed E-state index contributed by atoms with van der Waals surface area (Å²) >= 11 is 0. The fourth-order valence-electron chi connectivity index (χ4n) is 2.72. The van der Waals surface area contributed by atoms with E-state index in [4.69, 9.17) is 0 Å². The van der Waals surface area contributed by atoms with Crippen molar-refractivity contribution in [3.8, 4) is 0 Å². The van der Waals surface area contributed by atoms with Crippen LogP contribution in [0.1, 0.15) is 18.4 Å². The van der Waals surface area contributed by atoms with E-state index < -0.39 is 10.0 Å². The molecule has 0 bridgehead atoms. The Labute approximate surface area is 113 Å². The minimum Gasteiger partial charge on any atom is -0.354 e. The predicted molar refractivity (Wildman–Crippen MR) is 73.8 cm³/mol. The summed E-state index contributed by atoms with van der Waals surface area (Å²) in [6.45, 7) is 1.67. The summed E-state index contributed by atoms with van der Waals surface area (Å²) in [5.74, 6) is 0.607. The van der Waals surface area contributed by atoms with Crippen LogP contribution in [0.4, 0.5) is 0 Å².